The fraction of sp³-hybridized carbons (Fsp3) is 0. The molecule has 0 amide bonds. The molecule has 1 aromatic carbocycles. The topological polar surface area (TPSA) is 101 Å². The lowest BCUT2D eigenvalue weighted by Gasteiger charge is -2.00. The second-order valence-corrected chi connectivity index (χ2v) is 3.06. The van der Waals surface area contributed by atoms with Gasteiger partial charge in [0.25, 0.3) is 10.9 Å². The molecule has 0 aliphatic carbocycles. The summed E-state index contributed by atoms with van der Waals surface area (Å²) in [7, 11) is 0. The van der Waals surface area contributed by atoms with E-state index in [4.69, 9.17) is 16.9 Å². The van der Waals surface area contributed by atoms with Gasteiger partial charge in [0.1, 0.15) is 0 Å². The third-order valence-corrected chi connectivity index (χ3v) is 2.03. The lowest BCUT2D eigenvalue weighted by molar-refractivity contribution is -0.385. The zero-order valence-electron chi connectivity index (χ0n) is 7.64. The Labute approximate surface area is 94.2 Å². The highest BCUT2D eigenvalue weighted by Gasteiger charge is 2.20. The van der Waals surface area contributed by atoms with Crippen LogP contribution in [0.4, 0.5) is 5.69 Å². The van der Waals surface area contributed by atoms with Crippen molar-refractivity contribution < 1.29 is 14.5 Å². The largest absolute Gasteiger partial charge is 0.298 e. The van der Waals surface area contributed by atoms with Gasteiger partial charge in [-0.2, -0.15) is 5.26 Å². The van der Waals surface area contributed by atoms with Gasteiger partial charge in [0, 0.05) is 6.07 Å². The Morgan fingerprint density at radius 1 is 1.56 bits per heavy atom. The quantitative estimate of drug-likeness (QED) is 0.345. The van der Waals surface area contributed by atoms with E-state index in [-0.39, 0.29) is 23.0 Å². The Bertz CT molecular complexity index is 533. The summed E-state index contributed by atoms with van der Waals surface area (Å²) in [6.45, 7) is 0. The summed E-state index contributed by atoms with van der Waals surface area (Å²) < 4.78 is 0. The average molecular weight is 239 g/mol. The van der Waals surface area contributed by atoms with Crippen molar-refractivity contribution in [3.8, 4) is 6.07 Å². The van der Waals surface area contributed by atoms with Crippen molar-refractivity contribution in [3.63, 3.8) is 0 Å². The molecule has 0 atom stereocenters. The summed E-state index contributed by atoms with van der Waals surface area (Å²) in [5.41, 5.74) is -1.30. The smallest absolute Gasteiger partial charge is 0.280 e. The molecule has 0 aliphatic heterocycles. The van der Waals surface area contributed by atoms with Crippen LogP contribution in [0.15, 0.2) is 12.1 Å². The van der Waals surface area contributed by atoms with Gasteiger partial charge in [-0.1, -0.05) is 0 Å². The van der Waals surface area contributed by atoms with Crippen LogP contribution >= 0.6 is 11.6 Å². The molecule has 0 N–H and O–H groups in total. The monoisotopic (exact) mass is 238 g/mol. The number of rotatable bonds is 3. The first kappa shape index (κ1) is 11.8. The van der Waals surface area contributed by atoms with Crippen molar-refractivity contribution in [2.75, 3.05) is 0 Å². The van der Waals surface area contributed by atoms with E-state index in [1.54, 1.807) is 6.07 Å². The lowest BCUT2D eigenvalue weighted by Crippen LogP contribution is -2.01. The van der Waals surface area contributed by atoms with Gasteiger partial charge in [0.05, 0.1) is 27.7 Å². The standard InChI is InChI=1S/C9H3ClN2O4/c10-9(14)7-2-8(12(15)16)6(4-13)1-5(7)3-11/h1-2,4H. The van der Waals surface area contributed by atoms with E-state index < -0.39 is 15.9 Å². The van der Waals surface area contributed by atoms with Crippen molar-refractivity contribution >= 4 is 28.8 Å². The Morgan fingerprint density at radius 3 is 2.56 bits per heavy atom. The minimum atomic E-state index is -0.989. The summed E-state index contributed by atoms with van der Waals surface area (Å²) in [5.74, 6) is 0. The van der Waals surface area contributed by atoms with Crippen molar-refractivity contribution in [3.05, 3.63) is 38.9 Å². The van der Waals surface area contributed by atoms with E-state index in [0.29, 0.717) is 0 Å². The van der Waals surface area contributed by atoms with E-state index in [0.717, 1.165) is 12.1 Å². The number of hydrogen-bond donors (Lipinski definition) is 0. The number of carbonyl (C=O) groups excluding carboxylic acids is 2. The number of halogens is 1. The molecule has 0 aliphatic rings. The third kappa shape index (κ3) is 2.04. The van der Waals surface area contributed by atoms with Gasteiger partial charge in [-0.15, -0.1) is 0 Å². The van der Waals surface area contributed by atoms with Crippen LogP contribution in [-0.2, 0) is 0 Å². The number of nitriles is 1. The fourth-order valence-corrected chi connectivity index (χ4v) is 1.27. The van der Waals surface area contributed by atoms with Gasteiger partial charge in [0.15, 0.2) is 6.29 Å². The molecule has 0 saturated heterocycles. The van der Waals surface area contributed by atoms with Crippen LogP contribution in [0, 0.1) is 21.4 Å². The van der Waals surface area contributed by atoms with E-state index in [9.17, 15) is 19.7 Å². The number of benzene rings is 1. The van der Waals surface area contributed by atoms with Crippen molar-refractivity contribution in [2.24, 2.45) is 0 Å². The highest BCUT2D eigenvalue weighted by molar-refractivity contribution is 6.68. The number of nitro groups is 1. The maximum absolute atomic E-state index is 10.9. The van der Waals surface area contributed by atoms with Crippen LogP contribution < -0.4 is 0 Å². The Hall–Kier alpha value is -2.26. The summed E-state index contributed by atoms with van der Waals surface area (Å²) >= 11 is 5.16. The molecule has 0 bridgehead atoms. The highest BCUT2D eigenvalue weighted by atomic mass is 35.5. The Kier molecular flexibility index (Phi) is 3.33. The molecule has 0 unspecified atom stereocenters. The molecule has 1 aromatic rings. The predicted octanol–water partition coefficient (Wildman–Crippen LogP) is 1.66. The SMILES string of the molecule is N#Cc1cc(C=O)c([N+](=O)[O-])cc1C(=O)Cl. The van der Waals surface area contributed by atoms with Gasteiger partial charge < -0.3 is 0 Å². The van der Waals surface area contributed by atoms with Gasteiger partial charge in [-0.3, -0.25) is 19.7 Å². The van der Waals surface area contributed by atoms with Crippen LogP contribution in [0.5, 0.6) is 0 Å². The summed E-state index contributed by atoms with van der Waals surface area (Å²) in [5, 5.41) is 18.2. The molecular formula is C9H3ClN2O4. The molecule has 80 valence electrons. The number of carbonyl (C=O) groups is 2. The highest BCUT2D eigenvalue weighted by Crippen LogP contribution is 2.23. The molecule has 0 fully saturated rings. The number of nitro benzene ring substituents is 1. The van der Waals surface area contributed by atoms with E-state index in [1.807, 2.05) is 0 Å². The van der Waals surface area contributed by atoms with Gasteiger partial charge in [-0.05, 0) is 17.7 Å². The second-order valence-electron chi connectivity index (χ2n) is 2.72. The molecule has 1 rings (SSSR count). The minimum absolute atomic E-state index is 0.173. The molecule has 6 nitrogen and oxygen atoms in total. The van der Waals surface area contributed by atoms with E-state index in [1.165, 1.54) is 0 Å². The summed E-state index contributed by atoms with van der Waals surface area (Å²) in [6, 6.07) is 3.41. The first-order valence-electron chi connectivity index (χ1n) is 3.88. The number of nitrogens with zero attached hydrogens (tertiary/aromatic N) is 2. The van der Waals surface area contributed by atoms with Crippen LogP contribution in [-0.4, -0.2) is 16.5 Å². The lowest BCUT2D eigenvalue weighted by atomic mass is 10.0. The van der Waals surface area contributed by atoms with Crippen molar-refractivity contribution in [1.29, 1.82) is 5.26 Å². The Balaban J connectivity index is 3.61. The molecule has 0 radical (unpaired) electrons. The Morgan fingerprint density at radius 2 is 2.19 bits per heavy atom. The first-order valence-corrected chi connectivity index (χ1v) is 4.26. The zero-order chi connectivity index (χ0) is 12.3. The molecule has 0 spiro atoms. The predicted molar refractivity (Wildman–Crippen MR) is 53.4 cm³/mol. The molecule has 7 heteroatoms. The molecular weight excluding hydrogens is 236 g/mol. The van der Waals surface area contributed by atoms with Gasteiger partial charge in [0.2, 0.25) is 0 Å². The summed E-state index contributed by atoms with van der Waals surface area (Å²) in [6.07, 6.45) is 0.238. The molecule has 0 heterocycles. The summed E-state index contributed by atoms with van der Waals surface area (Å²) in [4.78, 5) is 31.2. The van der Waals surface area contributed by atoms with E-state index in [2.05, 4.69) is 0 Å². The van der Waals surface area contributed by atoms with Crippen molar-refractivity contribution in [1.82, 2.24) is 0 Å². The average Bonchev–Trinajstić information content (AvgIpc) is 2.26. The van der Waals surface area contributed by atoms with Crippen LogP contribution in [0.25, 0.3) is 0 Å². The fourth-order valence-electron chi connectivity index (χ4n) is 1.11. The van der Waals surface area contributed by atoms with Gasteiger partial charge in [-0.25, -0.2) is 0 Å². The van der Waals surface area contributed by atoms with Crippen molar-refractivity contribution in [2.45, 2.75) is 0 Å². The normalized spacial score (nSPS) is 9.25. The number of aldehydes is 1. The third-order valence-electron chi connectivity index (χ3n) is 1.82. The maximum atomic E-state index is 10.9. The van der Waals surface area contributed by atoms with Crippen LogP contribution in [0.2, 0.25) is 0 Å². The molecule has 0 saturated carbocycles. The first-order chi connectivity index (χ1) is 7.51. The van der Waals surface area contributed by atoms with E-state index >= 15 is 0 Å². The van der Waals surface area contributed by atoms with Crippen LogP contribution in [0.1, 0.15) is 26.3 Å². The molecule has 16 heavy (non-hydrogen) atoms. The number of hydrogen-bond acceptors (Lipinski definition) is 5. The minimum Gasteiger partial charge on any atom is -0.298 e. The zero-order valence-corrected chi connectivity index (χ0v) is 8.39. The molecule has 0 aromatic heterocycles. The van der Waals surface area contributed by atoms with Crippen LogP contribution in [0.3, 0.4) is 0 Å². The second kappa shape index (κ2) is 4.51. The maximum Gasteiger partial charge on any atom is 0.280 e. The van der Waals surface area contributed by atoms with Gasteiger partial charge >= 0.3 is 0 Å².